The molecule has 0 unspecified atom stereocenters. The van der Waals surface area contributed by atoms with Gasteiger partial charge in [-0.1, -0.05) is 36.7 Å². The van der Waals surface area contributed by atoms with Gasteiger partial charge in [0.25, 0.3) is 0 Å². The molecule has 7 nitrogen and oxygen atoms in total. The minimum atomic E-state index is -0.849. The summed E-state index contributed by atoms with van der Waals surface area (Å²) in [6.07, 6.45) is 8.16. The maximum absolute atomic E-state index is 13.8. The number of urea groups is 1. The van der Waals surface area contributed by atoms with Crippen molar-refractivity contribution in [2.24, 2.45) is 0 Å². The number of rotatable bonds is 5. The lowest BCUT2D eigenvalue weighted by atomic mass is 10.2. The molecule has 0 aliphatic heterocycles. The fourth-order valence-corrected chi connectivity index (χ4v) is 5.32. The van der Waals surface area contributed by atoms with E-state index in [1.807, 2.05) is 6.07 Å². The summed E-state index contributed by atoms with van der Waals surface area (Å²) in [6.45, 7) is 0. The summed E-state index contributed by atoms with van der Waals surface area (Å²) in [6, 6.07) is 10.2. The normalized spacial score (nSPS) is 13.9. The number of para-hydroxylation sites is 1. The molecule has 34 heavy (non-hydrogen) atoms. The number of aromatic nitrogens is 3. The molecule has 0 atom stereocenters. The van der Waals surface area contributed by atoms with Gasteiger partial charge in [-0.05, 0) is 43.2 Å². The van der Waals surface area contributed by atoms with Gasteiger partial charge < -0.3 is 20.9 Å². The summed E-state index contributed by atoms with van der Waals surface area (Å²) in [7, 11) is 0. The second-order valence-electron chi connectivity index (χ2n) is 8.10. The van der Waals surface area contributed by atoms with Crippen LogP contribution in [0, 0.1) is 11.6 Å². The molecule has 2 aromatic heterocycles. The van der Waals surface area contributed by atoms with Gasteiger partial charge in [-0.3, -0.25) is 0 Å². The number of fused-ring (bicyclic) bond motifs is 1. The lowest BCUT2D eigenvalue weighted by molar-refractivity contribution is 0.262. The summed E-state index contributed by atoms with van der Waals surface area (Å²) in [5, 5.41) is 5.65. The van der Waals surface area contributed by atoms with Crippen molar-refractivity contribution in [1.29, 1.82) is 0 Å². The smallest absolute Gasteiger partial charge is 0.323 e. The van der Waals surface area contributed by atoms with E-state index in [0.717, 1.165) is 45.8 Å². The van der Waals surface area contributed by atoms with Gasteiger partial charge >= 0.3 is 6.03 Å². The Labute approximate surface area is 198 Å². The third-order valence-electron chi connectivity index (χ3n) is 5.84. The molecule has 0 radical (unpaired) electrons. The van der Waals surface area contributed by atoms with Crippen LogP contribution < -0.4 is 16.4 Å². The molecule has 1 fully saturated rings. The number of hydrogen-bond acceptors (Lipinski definition) is 5. The van der Waals surface area contributed by atoms with Gasteiger partial charge in [-0.15, -0.1) is 0 Å². The average molecular weight is 481 g/mol. The number of nitrogen functional groups attached to an aromatic ring is 1. The maximum Gasteiger partial charge on any atom is 0.323 e. The number of amides is 2. The molecule has 10 heteroatoms. The first-order chi connectivity index (χ1) is 16.5. The topological polar surface area (TPSA) is 97.9 Å². The van der Waals surface area contributed by atoms with Crippen molar-refractivity contribution >= 4 is 46.0 Å². The molecule has 174 valence electrons. The monoisotopic (exact) mass is 480 g/mol. The van der Waals surface area contributed by atoms with Gasteiger partial charge in [0, 0.05) is 27.7 Å². The third kappa shape index (κ3) is 4.41. The van der Waals surface area contributed by atoms with Crippen LogP contribution in [0.3, 0.4) is 0 Å². The standard InChI is InChI=1S/C24H22F2N6OS/c25-17-9-4-10-18(26)21(17)31-24(33)30-14-5-3-8-16(11-14)34-19-12-32(15-6-1-2-7-15)23-20(19)22(27)28-13-29-23/h3-5,8-13,15H,1-2,6-7H2,(H2,27,28,29)(H2,30,31,33). The Hall–Kier alpha value is -3.66. The summed E-state index contributed by atoms with van der Waals surface area (Å²) in [4.78, 5) is 22.8. The molecule has 0 bridgehead atoms. The molecule has 1 aliphatic carbocycles. The molecule has 1 aliphatic rings. The van der Waals surface area contributed by atoms with Gasteiger partial charge in [-0.2, -0.15) is 0 Å². The zero-order chi connectivity index (χ0) is 23.7. The SMILES string of the molecule is Nc1ncnc2c1c(Sc1cccc(NC(=O)Nc3c(F)cccc3F)c1)cn2C1CCCC1. The molecule has 1 saturated carbocycles. The van der Waals surface area contributed by atoms with Crippen LogP contribution in [-0.4, -0.2) is 20.6 Å². The van der Waals surface area contributed by atoms with E-state index in [1.165, 1.54) is 37.0 Å². The van der Waals surface area contributed by atoms with Gasteiger partial charge in [0.1, 0.15) is 35.1 Å². The number of halogens is 2. The van der Waals surface area contributed by atoms with Crippen LogP contribution >= 0.6 is 11.8 Å². The Bertz CT molecular complexity index is 1350. The number of hydrogen-bond donors (Lipinski definition) is 3. The number of carbonyl (C=O) groups is 1. The Morgan fingerprint density at radius 3 is 2.56 bits per heavy atom. The first-order valence-electron chi connectivity index (χ1n) is 10.9. The van der Waals surface area contributed by atoms with E-state index in [2.05, 4.69) is 31.4 Å². The van der Waals surface area contributed by atoms with Crippen LogP contribution in [-0.2, 0) is 0 Å². The van der Waals surface area contributed by atoms with E-state index >= 15 is 0 Å². The highest BCUT2D eigenvalue weighted by Crippen LogP contribution is 2.41. The van der Waals surface area contributed by atoms with E-state index in [0.29, 0.717) is 17.5 Å². The molecule has 2 aromatic carbocycles. The van der Waals surface area contributed by atoms with Crippen molar-refractivity contribution in [3.8, 4) is 0 Å². The van der Waals surface area contributed by atoms with Gasteiger partial charge in [-0.25, -0.2) is 23.5 Å². The van der Waals surface area contributed by atoms with Crippen molar-refractivity contribution in [1.82, 2.24) is 14.5 Å². The van der Waals surface area contributed by atoms with Crippen LogP contribution in [0.1, 0.15) is 31.7 Å². The zero-order valence-corrected chi connectivity index (χ0v) is 18.9. The van der Waals surface area contributed by atoms with Crippen molar-refractivity contribution in [3.63, 3.8) is 0 Å². The molecule has 2 heterocycles. The van der Waals surface area contributed by atoms with E-state index in [1.54, 1.807) is 18.2 Å². The summed E-state index contributed by atoms with van der Waals surface area (Å²) in [5.41, 5.74) is 7.01. The number of nitrogens with one attached hydrogen (secondary N) is 2. The number of nitrogens with zero attached hydrogens (tertiary/aromatic N) is 3. The van der Waals surface area contributed by atoms with Gasteiger partial charge in [0.2, 0.25) is 0 Å². The first-order valence-corrected chi connectivity index (χ1v) is 11.7. The summed E-state index contributed by atoms with van der Waals surface area (Å²) >= 11 is 1.49. The highest BCUT2D eigenvalue weighted by atomic mass is 32.2. The van der Waals surface area contributed by atoms with Crippen LogP contribution in [0.15, 0.2) is 64.8 Å². The Balaban J connectivity index is 1.38. The van der Waals surface area contributed by atoms with Gasteiger partial charge in [0.05, 0.1) is 5.39 Å². The van der Waals surface area contributed by atoms with Crippen molar-refractivity contribution in [2.75, 3.05) is 16.4 Å². The molecule has 4 N–H and O–H groups in total. The molecule has 5 rings (SSSR count). The fraction of sp³-hybridized carbons (Fsp3) is 0.208. The van der Waals surface area contributed by atoms with Crippen molar-refractivity contribution in [3.05, 3.63) is 66.6 Å². The molecular formula is C24H22F2N6OS. The molecular weight excluding hydrogens is 458 g/mol. The fourth-order valence-electron chi connectivity index (χ4n) is 4.27. The second kappa shape index (κ2) is 9.30. The lowest BCUT2D eigenvalue weighted by Crippen LogP contribution is -2.20. The highest BCUT2D eigenvalue weighted by Gasteiger charge is 2.23. The predicted molar refractivity (Wildman–Crippen MR) is 129 cm³/mol. The third-order valence-corrected chi connectivity index (χ3v) is 6.86. The van der Waals surface area contributed by atoms with Crippen LogP contribution in [0.5, 0.6) is 0 Å². The number of carbonyl (C=O) groups excluding carboxylic acids is 1. The average Bonchev–Trinajstić information content (AvgIpc) is 3.46. The number of nitrogens with two attached hydrogens (primary N) is 1. The summed E-state index contributed by atoms with van der Waals surface area (Å²) in [5.74, 6) is -1.28. The van der Waals surface area contributed by atoms with Crippen molar-refractivity contribution < 1.29 is 13.6 Å². The second-order valence-corrected chi connectivity index (χ2v) is 9.22. The minimum absolute atomic E-state index is 0.390. The Morgan fingerprint density at radius 1 is 1.06 bits per heavy atom. The first kappa shape index (κ1) is 22.1. The zero-order valence-electron chi connectivity index (χ0n) is 18.1. The van der Waals surface area contributed by atoms with Crippen molar-refractivity contribution in [2.45, 2.75) is 41.5 Å². The number of anilines is 3. The number of benzene rings is 2. The van der Waals surface area contributed by atoms with Crippen LogP contribution in [0.4, 0.5) is 30.8 Å². The largest absolute Gasteiger partial charge is 0.383 e. The van der Waals surface area contributed by atoms with Gasteiger partial charge in [0.15, 0.2) is 0 Å². The van der Waals surface area contributed by atoms with E-state index in [-0.39, 0.29) is 0 Å². The quantitative estimate of drug-likeness (QED) is 0.316. The van der Waals surface area contributed by atoms with Crippen LogP contribution in [0.25, 0.3) is 11.0 Å². The maximum atomic E-state index is 13.8. The highest BCUT2D eigenvalue weighted by molar-refractivity contribution is 7.99. The molecule has 4 aromatic rings. The van der Waals surface area contributed by atoms with Crippen LogP contribution in [0.2, 0.25) is 0 Å². The predicted octanol–water partition coefficient (Wildman–Crippen LogP) is 6.20. The molecule has 0 saturated heterocycles. The van der Waals surface area contributed by atoms with E-state index < -0.39 is 23.4 Å². The summed E-state index contributed by atoms with van der Waals surface area (Å²) < 4.78 is 29.8. The molecule has 0 spiro atoms. The lowest BCUT2D eigenvalue weighted by Gasteiger charge is -2.12. The van der Waals surface area contributed by atoms with E-state index in [9.17, 15) is 13.6 Å². The van der Waals surface area contributed by atoms with E-state index in [4.69, 9.17) is 5.73 Å². The molecule has 2 amide bonds. The minimum Gasteiger partial charge on any atom is -0.383 e. The Morgan fingerprint density at radius 2 is 1.79 bits per heavy atom. The Kier molecular flexibility index (Phi) is 6.06.